The minimum absolute atomic E-state index is 0.0121. The van der Waals surface area contributed by atoms with Crippen LogP contribution in [0.15, 0.2) is 24.3 Å². The fourth-order valence-electron chi connectivity index (χ4n) is 8.67. The Labute approximate surface area is 310 Å². The van der Waals surface area contributed by atoms with E-state index in [2.05, 4.69) is 20.8 Å². The first-order valence-corrected chi connectivity index (χ1v) is 19.0. The van der Waals surface area contributed by atoms with Crippen molar-refractivity contribution in [1.29, 1.82) is 0 Å². The zero-order valence-corrected chi connectivity index (χ0v) is 31.3. The van der Waals surface area contributed by atoms with Crippen molar-refractivity contribution in [3.8, 4) is 41.2 Å². The van der Waals surface area contributed by atoms with Gasteiger partial charge in [0.15, 0.2) is 11.6 Å². The number of hydrogen-bond acceptors (Lipinski definition) is 10. The van der Waals surface area contributed by atoms with Crippen LogP contribution in [0.5, 0.6) is 17.6 Å². The summed E-state index contributed by atoms with van der Waals surface area (Å²) in [5.41, 5.74) is -0.491. The number of aromatic nitrogens is 3. The molecule has 1 saturated carbocycles. The molecule has 12 heteroatoms. The highest BCUT2D eigenvalue weighted by molar-refractivity contribution is 6.04. The Balaban J connectivity index is 0.00000236. The maximum absolute atomic E-state index is 17.1. The largest absolute Gasteiger partial charge is 0.508 e. The number of methoxy groups -OCH3 is 1. The molecule has 7 rings (SSSR count). The van der Waals surface area contributed by atoms with Gasteiger partial charge in [-0.3, -0.25) is 4.90 Å². The highest BCUT2D eigenvalue weighted by Crippen LogP contribution is 2.49. The maximum atomic E-state index is 17.1. The summed E-state index contributed by atoms with van der Waals surface area (Å²) in [5.74, 6) is 0.889. The van der Waals surface area contributed by atoms with E-state index in [0.717, 1.165) is 77.5 Å². The summed E-state index contributed by atoms with van der Waals surface area (Å²) in [6.45, 7) is 9.07. The molecule has 0 radical (unpaired) electrons. The summed E-state index contributed by atoms with van der Waals surface area (Å²) in [4.78, 5) is 18.3. The van der Waals surface area contributed by atoms with Crippen LogP contribution in [0.1, 0.15) is 84.1 Å². The molecule has 3 aliphatic rings. The van der Waals surface area contributed by atoms with Crippen molar-refractivity contribution in [2.45, 2.75) is 90.6 Å². The molecule has 4 aromatic rings. The summed E-state index contributed by atoms with van der Waals surface area (Å²) < 4.78 is 50.0. The van der Waals surface area contributed by atoms with Crippen LogP contribution in [0.2, 0.25) is 0 Å². The van der Waals surface area contributed by atoms with E-state index in [9.17, 15) is 14.6 Å². The number of nitrogens with zero attached hydrogens (tertiary/aromatic N) is 5. The molecule has 3 fully saturated rings. The van der Waals surface area contributed by atoms with E-state index >= 15 is 4.39 Å². The van der Waals surface area contributed by atoms with Gasteiger partial charge < -0.3 is 29.3 Å². The molecule has 2 atom stereocenters. The van der Waals surface area contributed by atoms with Gasteiger partial charge in [0.05, 0.1) is 19.3 Å². The molecule has 1 aliphatic carbocycles. The molecular weight excluding hydrogens is 680 g/mol. The fourth-order valence-corrected chi connectivity index (χ4v) is 8.67. The number of halogens is 2. The van der Waals surface area contributed by atoms with Crippen LogP contribution < -0.4 is 14.4 Å². The number of pyridine rings is 1. The number of benzene rings is 2. The lowest BCUT2D eigenvalue weighted by Gasteiger charge is -2.50. The second-order valence-electron chi connectivity index (χ2n) is 14.0. The summed E-state index contributed by atoms with van der Waals surface area (Å²) in [6, 6.07) is 6.23. The number of aromatic hydroxyl groups is 1. The number of likely N-dealkylation sites (tertiary alicyclic amines) is 1. The van der Waals surface area contributed by atoms with Crippen LogP contribution in [0.3, 0.4) is 0 Å². The number of anilines is 1. The standard InChI is InChI=1S/C39H45F2N5O5.C2H6/c1-4-6-16-45(23-47)36-32-35(33(41)34(42-37(32)49-3)28-21-26(48)20-24-10-11-29(40)27(5-2)31(24)28)43-38(44-36)51-22-39-14-7-9-30(39)46(17-8-15-39)25-12-18-50-19-13-25;1-2/h2,10-11,20-21,25,30,47-48H,4,6-9,12-19,22-23H2,1,3H3;1-2H3. The third-order valence-corrected chi connectivity index (χ3v) is 11.1. The van der Waals surface area contributed by atoms with Crippen LogP contribution in [0.4, 0.5) is 14.6 Å². The third-order valence-electron chi connectivity index (χ3n) is 11.1. The van der Waals surface area contributed by atoms with Gasteiger partial charge in [-0.15, -0.1) is 6.42 Å². The number of ether oxygens (including phenoxy) is 3. The van der Waals surface area contributed by atoms with E-state index < -0.39 is 18.4 Å². The van der Waals surface area contributed by atoms with Crippen LogP contribution in [-0.2, 0) is 4.74 Å². The van der Waals surface area contributed by atoms with Crippen molar-refractivity contribution in [3.05, 3.63) is 41.5 Å². The first-order valence-electron chi connectivity index (χ1n) is 19.0. The van der Waals surface area contributed by atoms with Crippen molar-refractivity contribution in [3.63, 3.8) is 0 Å². The smallest absolute Gasteiger partial charge is 0.319 e. The summed E-state index contributed by atoms with van der Waals surface area (Å²) in [6.07, 6.45) is 14.7. The van der Waals surface area contributed by atoms with Gasteiger partial charge in [0.1, 0.15) is 34.9 Å². The normalized spacial score (nSPS) is 20.5. The van der Waals surface area contributed by atoms with Gasteiger partial charge in [-0.25, -0.2) is 13.8 Å². The molecule has 2 saturated heterocycles. The van der Waals surface area contributed by atoms with Crippen molar-refractivity contribution in [2.24, 2.45) is 5.41 Å². The number of aliphatic hydroxyl groups excluding tert-OH is 1. The Hall–Kier alpha value is -4.31. The number of aliphatic hydroxyl groups is 1. The monoisotopic (exact) mass is 731 g/mol. The molecule has 2 unspecified atom stereocenters. The molecular formula is C41H51F2N5O5. The Kier molecular flexibility index (Phi) is 12.2. The van der Waals surface area contributed by atoms with Gasteiger partial charge in [-0.2, -0.15) is 9.97 Å². The highest BCUT2D eigenvalue weighted by Gasteiger charge is 2.50. The van der Waals surface area contributed by atoms with E-state index in [1.807, 2.05) is 20.8 Å². The van der Waals surface area contributed by atoms with Crippen LogP contribution >= 0.6 is 0 Å². The van der Waals surface area contributed by atoms with Gasteiger partial charge in [0.25, 0.3) is 0 Å². The summed E-state index contributed by atoms with van der Waals surface area (Å²) >= 11 is 0. The van der Waals surface area contributed by atoms with Gasteiger partial charge in [-0.1, -0.05) is 45.6 Å². The number of unbranched alkanes of at least 4 members (excludes halogenated alkanes) is 1. The highest BCUT2D eigenvalue weighted by atomic mass is 19.1. The third kappa shape index (κ3) is 7.31. The zero-order valence-electron chi connectivity index (χ0n) is 31.3. The van der Waals surface area contributed by atoms with E-state index in [1.54, 1.807) is 4.90 Å². The first-order chi connectivity index (χ1) is 25.8. The molecule has 0 amide bonds. The topological polar surface area (TPSA) is 113 Å². The van der Waals surface area contributed by atoms with E-state index in [0.29, 0.717) is 30.6 Å². The van der Waals surface area contributed by atoms with Crippen LogP contribution in [0, 0.1) is 29.4 Å². The van der Waals surface area contributed by atoms with Crippen LogP contribution in [0.25, 0.3) is 32.9 Å². The number of fused-ring (bicyclic) bond motifs is 3. The van der Waals surface area contributed by atoms with Crippen molar-refractivity contribution in [2.75, 3.05) is 51.7 Å². The SMILES string of the molecule is C#Cc1c(F)ccc2cc(O)cc(-c3nc(OC)c4c(N(CO)CCCC)nc(OCC56CCCC5N(C5CCOCC5)CCC6)nc4c3F)c12.CC. The maximum Gasteiger partial charge on any atom is 0.319 e. The predicted molar refractivity (Wildman–Crippen MR) is 202 cm³/mol. The lowest BCUT2D eigenvalue weighted by atomic mass is 9.74. The quantitative estimate of drug-likeness (QED) is 0.118. The first kappa shape index (κ1) is 38.4. The van der Waals surface area contributed by atoms with Gasteiger partial charge in [0, 0.05) is 48.2 Å². The van der Waals surface area contributed by atoms with Crippen molar-refractivity contribution in [1.82, 2.24) is 19.9 Å². The fraction of sp³-hybridized carbons (Fsp3) is 0.537. The molecule has 0 bridgehead atoms. The Morgan fingerprint density at radius 3 is 2.57 bits per heavy atom. The van der Waals surface area contributed by atoms with E-state index in [-0.39, 0.29) is 62.0 Å². The average Bonchev–Trinajstić information content (AvgIpc) is 3.63. The second-order valence-corrected chi connectivity index (χ2v) is 14.0. The molecule has 284 valence electrons. The minimum atomic E-state index is -0.855. The molecule has 10 nitrogen and oxygen atoms in total. The number of terminal acetylenes is 1. The van der Waals surface area contributed by atoms with Gasteiger partial charge >= 0.3 is 6.01 Å². The lowest BCUT2D eigenvalue weighted by Crippen LogP contribution is -2.56. The van der Waals surface area contributed by atoms with Crippen molar-refractivity contribution < 1.29 is 33.2 Å². The van der Waals surface area contributed by atoms with E-state index in [1.165, 1.54) is 31.4 Å². The van der Waals surface area contributed by atoms with E-state index in [4.69, 9.17) is 25.6 Å². The number of piperidine rings is 1. The number of rotatable bonds is 11. The second kappa shape index (κ2) is 16.8. The zero-order chi connectivity index (χ0) is 37.7. The Morgan fingerprint density at radius 2 is 1.85 bits per heavy atom. The summed E-state index contributed by atoms with van der Waals surface area (Å²) in [7, 11) is 1.40. The Morgan fingerprint density at radius 1 is 1.08 bits per heavy atom. The van der Waals surface area contributed by atoms with Crippen LogP contribution in [-0.4, -0.2) is 88.9 Å². The van der Waals surface area contributed by atoms with Gasteiger partial charge in [-0.05, 0) is 75.1 Å². The summed E-state index contributed by atoms with van der Waals surface area (Å²) in [5, 5.41) is 22.0. The number of hydrogen-bond donors (Lipinski definition) is 2. The molecule has 2 aromatic heterocycles. The molecule has 2 aliphatic heterocycles. The molecule has 2 aromatic carbocycles. The lowest BCUT2D eigenvalue weighted by molar-refractivity contribution is -0.0511. The average molecular weight is 732 g/mol. The number of phenols is 1. The molecule has 2 N–H and O–H groups in total. The minimum Gasteiger partial charge on any atom is -0.508 e. The Bertz CT molecular complexity index is 1970. The van der Waals surface area contributed by atoms with Crippen molar-refractivity contribution >= 4 is 27.5 Å². The molecule has 53 heavy (non-hydrogen) atoms. The predicted octanol–water partition coefficient (Wildman–Crippen LogP) is 7.59. The molecule has 4 heterocycles. The van der Waals surface area contributed by atoms with Gasteiger partial charge in [0.2, 0.25) is 5.88 Å². The number of phenolic OH excluding ortho intramolecular Hbond substituents is 1. The molecule has 0 spiro atoms.